The number of carbonyl (C=O) groups is 1. The van der Waals surface area contributed by atoms with Crippen molar-refractivity contribution in [1.29, 1.82) is 0 Å². The fourth-order valence-electron chi connectivity index (χ4n) is 2.98. The number of aromatic nitrogens is 1. The van der Waals surface area contributed by atoms with Crippen LogP contribution in [-0.4, -0.2) is 42.4 Å². The van der Waals surface area contributed by atoms with Gasteiger partial charge in [0.05, 0.1) is 21.4 Å². The van der Waals surface area contributed by atoms with Crippen LogP contribution in [0.2, 0.25) is 0 Å². The highest BCUT2D eigenvalue weighted by atomic mass is 32.2. The molecule has 8 nitrogen and oxygen atoms in total. The van der Waals surface area contributed by atoms with Crippen LogP contribution in [0.3, 0.4) is 0 Å². The van der Waals surface area contributed by atoms with E-state index in [2.05, 4.69) is 4.98 Å². The maximum absolute atomic E-state index is 13.0. The molecule has 1 atom stereocenters. The Kier molecular flexibility index (Phi) is 4.95. The highest BCUT2D eigenvalue weighted by molar-refractivity contribution is 7.90. The lowest BCUT2D eigenvalue weighted by Crippen LogP contribution is -2.29. The Balaban J connectivity index is 1.91. The van der Waals surface area contributed by atoms with Crippen molar-refractivity contribution < 1.29 is 18.1 Å². The average molecular weight is 401 g/mol. The Labute approximate surface area is 161 Å². The molecule has 28 heavy (non-hydrogen) atoms. The predicted octanol–water partition coefficient (Wildman–Crippen LogP) is 3.31. The number of H-pyrrole nitrogens is 1. The van der Waals surface area contributed by atoms with Gasteiger partial charge in [0.15, 0.2) is 9.84 Å². The first-order chi connectivity index (χ1) is 13.1. The SMILES string of the molecule is CC(c1ccc(S(C)(=O)=O)cc1)N(C)C(=O)c1c[nH]c2ccc([N+](=O)[O-])cc12. The molecule has 0 fully saturated rings. The number of non-ortho nitro benzene ring substituents is 1. The Bertz CT molecular complexity index is 1170. The van der Waals surface area contributed by atoms with Crippen LogP contribution in [0.15, 0.2) is 53.6 Å². The van der Waals surface area contributed by atoms with E-state index in [4.69, 9.17) is 0 Å². The van der Waals surface area contributed by atoms with Crippen LogP contribution in [0.1, 0.15) is 28.9 Å². The van der Waals surface area contributed by atoms with Gasteiger partial charge in [0.25, 0.3) is 11.6 Å². The van der Waals surface area contributed by atoms with Gasteiger partial charge in [-0.15, -0.1) is 0 Å². The molecule has 1 heterocycles. The summed E-state index contributed by atoms with van der Waals surface area (Å²) in [4.78, 5) is 28.2. The number of hydrogen-bond donors (Lipinski definition) is 1. The number of hydrogen-bond acceptors (Lipinski definition) is 5. The molecule has 0 saturated carbocycles. The molecular formula is C19H19N3O5S. The van der Waals surface area contributed by atoms with Crippen molar-refractivity contribution in [3.63, 3.8) is 0 Å². The summed E-state index contributed by atoms with van der Waals surface area (Å²) in [7, 11) is -1.66. The summed E-state index contributed by atoms with van der Waals surface area (Å²) in [6.45, 7) is 1.82. The summed E-state index contributed by atoms with van der Waals surface area (Å²) in [5.74, 6) is -0.300. The number of nitrogens with zero attached hydrogens (tertiary/aromatic N) is 2. The largest absolute Gasteiger partial charge is 0.360 e. The third-order valence-corrected chi connectivity index (χ3v) is 5.93. The van der Waals surface area contributed by atoms with Gasteiger partial charge < -0.3 is 9.88 Å². The first-order valence-corrected chi connectivity index (χ1v) is 10.3. The van der Waals surface area contributed by atoms with Crippen molar-refractivity contribution >= 4 is 32.3 Å². The van der Waals surface area contributed by atoms with Gasteiger partial charge in [-0.1, -0.05) is 12.1 Å². The molecule has 1 aromatic heterocycles. The number of fused-ring (bicyclic) bond motifs is 1. The molecule has 0 spiro atoms. The Hall–Kier alpha value is -3.20. The number of rotatable bonds is 5. The molecule has 0 saturated heterocycles. The van der Waals surface area contributed by atoms with Crippen LogP contribution in [0, 0.1) is 10.1 Å². The molecule has 0 aliphatic heterocycles. The van der Waals surface area contributed by atoms with Crippen molar-refractivity contribution in [3.05, 3.63) is 69.9 Å². The number of aromatic amines is 1. The fourth-order valence-corrected chi connectivity index (χ4v) is 3.61. The Morgan fingerprint density at radius 2 is 1.82 bits per heavy atom. The van der Waals surface area contributed by atoms with E-state index in [1.807, 2.05) is 6.92 Å². The van der Waals surface area contributed by atoms with Gasteiger partial charge in [-0.05, 0) is 30.7 Å². The Morgan fingerprint density at radius 3 is 2.39 bits per heavy atom. The monoisotopic (exact) mass is 401 g/mol. The summed E-state index contributed by atoms with van der Waals surface area (Å²) in [5, 5.41) is 11.5. The topological polar surface area (TPSA) is 113 Å². The van der Waals surface area contributed by atoms with E-state index >= 15 is 0 Å². The van der Waals surface area contributed by atoms with E-state index in [0.717, 1.165) is 11.8 Å². The molecule has 1 amide bonds. The van der Waals surface area contributed by atoms with Gasteiger partial charge in [0.2, 0.25) is 0 Å². The zero-order valence-corrected chi connectivity index (χ0v) is 16.4. The van der Waals surface area contributed by atoms with Crippen molar-refractivity contribution in [2.45, 2.75) is 17.9 Å². The highest BCUT2D eigenvalue weighted by Crippen LogP contribution is 2.27. The number of sulfone groups is 1. The zero-order chi connectivity index (χ0) is 20.6. The zero-order valence-electron chi connectivity index (χ0n) is 15.5. The minimum Gasteiger partial charge on any atom is -0.360 e. The molecule has 3 rings (SSSR count). The standard InChI is InChI=1S/C19H19N3O5S/c1-12(13-4-7-15(8-5-13)28(3,26)27)21(2)19(23)17-11-20-18-9-6-14(22(24)25)10-16(17)18/h4-12,20H,1-3H3. The highest BCUT2D eigenvalue weighted by Gasteiger charge is 2.23. The molecule has 0 radical (unpaired) electrons. The molecule has 0 aliphatic rings. The van der Waals surface area contributed by atoms with Crippen LogP contribution in [-0.2, 0) is 9.84 Å². The summed E-state index contributed by atoms with van der Waals surface area (Å²) in [6, 6.07) is 10.3. The first-order valence-electron chi connectivity index (χ1n) is 8.42. The summed E-state index contributed by atoms with van der Waals surface area (Å²) in [6.07, 6.45) is 2.67. The van der Waals surface area contributed by atoms with E-state index in [1.54, 1.807) is 25.2 Å². The second-order valence-corrected chi connectivity index (χ2v) is 8.64. The molecule has 146 valence electrons. The van der Waals surface area contributed by atoms with E-state index in [0.29, 0.717) is 16.5 Å². The lowest BCUT2D eigenvalue weighted by molar-refractivity contribution is -0.384. The van der Waals surface area contributed by atoms with Gasteiger partial charge >= 0.3 is 0 Å². The minimum absolute atomic E-state index is 0.0896. The van der Waals surface area contributed by atoms with Gasteiger partial charge in [0, 0.05) is 42.5 Å². The number of amides is 1. The van der Waals surface area contributed by atoms with Crippen molar-refractivity contribution in [3.8, 4) is 0 Å². The van der Waals surface area contributed by atoms with Gasteiger partial charge in [-0.2, -0.15) is 0 Å². The molecule has 0 bridgehead atoms. The Morgan fingerprint density at radius 1 is 1.18 bits per heavy atom. The number of nitrogens with one attached hydrogen (secondary N) is 1. The quantitative estimate of drug-likeness (QED) is 0.520. The van der Waals surface area contributed by atoms with Gasteiger partial charge in [-0.3, -0.25) is 14.9 Å². The minimum atomic E-state index is -3.29. The number of benzene rings is 2. The average Bonchev–Trinajstić information content (AvgIpc) is 3.08. The second-order valence-electron chi connectivity index (χ2n) is 6.62. The summed E-state index contributed by atoms with van der Waals surface area (Å²) in [5.41, 5.74) is 1.65. The molecule has 2 aromatic carbocycles. The molecule has 1 N–H and O–H groups in total. The lowest BCUT2D eigenvalue weighted by atomic mass is 10.1. The van der Waals surface area contributed by atoms with E-state index in [9.17, 15) is 23.3 Å². The maximum atomic E-state index is 13.0. The maximum Gasteiger partial charge on any atom is 0.270 e. The normalized spacial score (nSPS) is 12.7. The van der Waals surface area contributed by atoms with E-state index in [1.165, 1.54) is 35.4 Å². The van der Waals surface area contributed by atoms with Crippen LogP contribution in [0.5, 0.6) is 0 Å². The predicted molar refractivity (Wildman–Crippen MR) is 105 cm³/mol. The molecule has 9 heteroatoms. The van der Waals surface area contributed by atoms with Crippen LogP contribution < -0.4 is 0 Å². The number of nitro benzene ring substituents is 1. The number of nitro groups is 1. The smallest absolute Gasteiger partial charge is 0.270 e. The van der Waals surface area contributed by atoms with Crippen LogP contribution in [0.4, 0.5) is 5.69 Å². The summed E-state index contributed by atoms with van der Waals surface area (Å²) < 4.78 is 23.2. The van der Waals surface area contributed by atoms with Gasteiger partial charge in [0.1, 0.15) is 0 Å². The number of carbonyl (C=O) groups excluding carboxylic acids is 1. The second kappa shape index (κ2) is 7.08. The fraction of sp³-hybridized carbons (Fsp3) is 0.211. The van der Waals surface area contributed by atoms with Crippen molar-refractivity contribution in [2.75, 3.05) is 13.3 Å². The molecule has 1 unspecified atom stereocenters. The van der Waals surface area contributed by atoms with E-state index < -0.39 is 14.8 Å². The molecule has 0 aliphatic carbocycles. The molecular weight excluding hydrogens is 382 g/mol. The van der Waals surface area contributed by atoms with Gasteiger partial charge in [-0.25, -0.2) is 8.42 Å². The molecule has 3 aromatic rings. The van der Waals surface area contributed by atoms with Crippen molar-refractivity contribution in [1.82, 2.24) is 9.88 Å². The van der Waals surface area contributed by atoms with E-state index in [-0.39, 0.29) is 22.5 Å². The third-order valence-electron chi connectivity index (χ3n) is 4.80. The van der Waals surface area contributed by atoms with Crippen LogP contribution in [0.25, 0.3) is 10.9 Å². The van der Waals surface area contributed by atoms with Crippen LogP contribution >= 0.6 is 0 Å². The lowest BCUT2D eigenvalue weighted by Gasteiger charge is -2.25. The first kappa shape index (κ1) is 19.6. The third kappa shape index (κ3) is 3.61. The summed E-state index contributed by atoms with van der Waals surface area (Å²) >= 11 is 0. The van der Waals surface area contributed by atoms with Crippen molar-refractivity contribution in [2.24, 2.45) is 0 Å².